The standard InChI is InChI=1S/C12H12N2O5/c13-6-2-1-3-7-19-11-5-4-9(14(17)18)8-10(11)12(15)16/h4-5,8H,1-3,7H2,(H,15,16). The number of aromatic carboxylic acids is 1. The summed E-state index contributed by atoms with van der Waals surface area (Å²) in [6.07, 6.45) is 1.69. The highest BCUT2D eigenvalue weighted by molar-refractivity contribution is 5.91. The van der Waals surface area contributed by atoms with Crippen molar-refractivity contribution in [3.05, 3.63) is 33.9 Å². The molecule has 1 rings (SSSR count). The van der Waals surface area contributed by atoms with Crippen LogP contribution in [0.15, 0.2) is 18.2 Å². The van der Waals surface area contributed by atoms with Crippen molar-refractivity contribution in [2.75, 3.05) is 6.61 Å². The van der Waals surface area contributed by atoms with Crippen molar-refractivity contribution in [2.24, 2.45) is 0 Å². The Balaban J connectivity index is 2.75. The van der Waals surface area contributed by atoms with E-state index in [2.05, 4.69) is 0 Å². The van der Waals surface area contributed by atoms with Gasteiger partial charge in [-0.25, -0.2) is 4.79 Å². The SMILES string of the molecule is N#CCCCCOc1ccc([N+](=O)[O-])cc1C(=O)O. The van der Waals surface area contributed by atoms with Gasteiger partial charge in [0, 0.05) is 18.6 Å². The molecule has 7 heteroatoms. The number of nitriles is 1. The van der Waals surface area contributed by atoms with E-state index in [9.17, 15) is 14.9 Å². The quantitative estimate of drug-likeness (QED) is 0.459. The van der Waals surface area contributed by atoms with E-state index < -0.39 is 10.9 Å². The van der Waals surface area contributed by atoms with Gasteiger partial charge in [-0.15, -0.1) is 0 Å². The van der Waals surface area contributed by atoms with E-state index in [4.69, 9.17) is 15.1 Å². The number of carboxylic acids is 1. The highest BCUT2D eigenvalue weighted by Crippen LogP contribution is 2.24. The number of carboxylic acid groups (broad SMARTS) is 1. The molecule has 7 nitrogen and oxygen atoms in total. The van der Waals surface area contributed by atoms with Crippen molar-refractivity contribution in [1.29, 1.82) is 5.26 Å². The van der Waals surface area contributed by atoms with Gasteiger partial charge in [-0.1, -0.05) is 0 Å². The number of unbranched alkanes of at least 4 members (excludes halogenated alkanes) is 2. The fraction of sp³-hybridized carbons (Fsp3) is 0.333. The number of carbonyl (C=O) groups is 1. The predicted molar refractivity (Wildman–Crippen MR) is 65.0 cm³/mol. The highest BCUT2D eigenvalue weighted by Gasteiger charge is 2.16. The molecule has 0 saturated heterocycles. The fourth-order valence-corrected chi connectivity index (χ4v) is 1.41. The second-order valence-electron chi connectivity index (χ2n) is 3.71. The molecular formula is C12H12N2O5. The van der Waals surface area contributed by atoms with Crippen LogP contribution in [0.25, 0.3) is 0 Å². The lowest BCUT2D eigenvalue weighted by molar-refractivity contribution is -0.384. The monoisotopic (exact) mass is 264 g/mol. The van der Waals surface area contributed by atoms with Crippen LogP contribution in [0.3, 0.4) is 0 Å². The Morgan fingerprint density at radius 2 is 2.21 bits per heavy atom. The van der Waals surface area contributed by atoms with Gasteiger partial charge in [0.05, 0.1) is 17.6 Å². The fourth-order valence-electron chi connectivity index (χ4n) is 1.41. The number of nitro groups is 1. The minimum Gasteiger partial charge on any atom is -0.493 e. The van der Waals surface area contributed by atoms with Crippen molar-refractivity contribution >= 4 is 11.7 Å². The molecule has 19 heavy (non-hydrogen) atoms. The molecule has 0 heterocycles. The number of nitrogens with zero attached hydrogens (tertiary/aromatic N) is 2. The second-order valence-corrected chi connectivity index (χ2v) is 3.71. The molecule has 0 radical (unpaired) electrons. The summed E-state index contributed by atoms with van der Waals surface area (Å²) in [5, 5.41) is 27.9. The van der Waals surface area contributed by atoms with Gasteiger partial charge >= 0.3 is 5.97 Å². The maximum atomic E-state index is 11.0. The first kappa shape index (κ1) is 14.4. The second kappa shape index (κ2) is 6.96. The molecule has 1 aromatic carbocycles. The molecule has 0 aromatic heterocycles. The predicted octanol–water partition coefficient (Wildman–Crippen LogP) is 2.37. The van der Waals surface area contributed by atoms with E-state index >= 15 is 0 Å². The summed E-state index contributed by atoms with van der Waals surface area (Å²) < 4.78 is 5.27. The van der Waals surface area contributed by atoms with Crippen LogP contribution in [0.2, 0.25) is 0 Å². The first-order valence-corrected chi connectivity index (χ1v) is 5.57. The molecule has 1 N–H and O–H groups in total. The Hall–Kier alpha value is -2.62. The first-order valence-electron chi connectivity index (χ1n) is 5.57. The Bertz CT molecular complexity index is 521. The zero-order valence-corrected chi connectivity index (χ0v) is 10.0. The molecule has 0 spiro atoms. The van der Waals surface area contributed by atoms with Crippen molar-refractivity contribution in [3.63, 3.8) is 0 Å². The third kappa shape index (κ3) is 4.27. The third-order valence-corrected chi connectivity index (χ3v) is 2.34. The molecule has 0 unspecified atom stereocenters. The highest BCUT2D eigenvalue weighted by atomic mass is 16.6. The lowest BCUT2D eigenvalue weighted by atomic mass is 10.2. The number of hydrogen-bond acceptors (Lipinski definition) is 5. The average molecular weight is 264 g/mol. The Labute approximate surface area is 109 Å². The van der Waals surface area contributed by atoms with E-state index in [0.29, 0.717) is 19.3 Å². The Kier molecular flexibility index (Phi) is 5.29. The lowest BCUT2D eigenvalue weighted by Crippen LogP contribution is -2.05. The van der Waals surface area contributed by atoms with Crippen LogP contribution in [0.1, 0.15) is 29.6 Å². The zero-order valence-electron chi connectivity index (χ0n) is 10.0. The van der Waals surface area contributed by atoms with E-state index in [-0.39, 0.29) is 23.6 Å². The first-order chi connectivity index (χ1) is 9.06. The smallest absolute Gasteiger partial charge is 0.339 e. The van der Waals surface area contributed by atoms with Crippen LogP contribution in [-0.2, 0) is 0 Å². The largest absolute Gasteiger partial charge is 0.493 e. The van der Waals surface area contributed by atoms with Crippen molar-refractivity contribution < 1.29 is 19.6 Å². The van der Waals surface area contributed by atoms with Gasteiger partial charge in [0.25, 0.3) is 5.69 Å². The van der Waals surface area contributed by atoms with E-state index in [1.807, 2.05) is 6.07 Å². The van der Waals surface area contributed by atoms with Crippen LogP contribution < -0.4 is 4.74 Å². The maximum Gasteiger partial charge on any atom is 0.339 e. The molecule has 0 bridgehead atoms. The summed E-state index contributed by atoms with van der Waals surface area (Å²) in [6, 6.07) is 5.42. The topological polar surface area (TPSA) is 113 Å². The number of nitro benzene ring substituents is 1. The molecule has 0 fully saturated rings. The van der Waals surface area contributed by atoms with Gasteiger partial charge in [0.2, 0.25) is 0 Å². The third-order valence-electron chi connectivity index (χ3n) is 2.34. The van der Waals surface area contributed by atoms with Gasteiger partial charge in [0.1, 0.15) is 11.3 Å². The van der Waals surface area contributed by atoms with Gasteiger partial charge in [-0.05, 0) is 18.9 Å². The summed E-state index contributed by atoms with van der Waals surface area (Å²) >= 11 is 0. The molecule has 0 aliphatic heterocycles. The van der Waals surface area contributed by atoms with Gasteiger partial charge in [0.15, 0.2) is 0 Å². The van der Waals surface area contributed by atoms with Crippen molar-refractivity contribution in [1.82, 2.24) is 0 Å². The number of ether oxygens (including phenoxy) is 1. The average Bonchev–Trinajstić information content (AvgIpc) is 2.38. The molecule has 100 valence electrons. The Morgan fingerprint density at radius 1 is 1.47 bits per heavy atom. The lowest BCUT2D eigenvalue weighted by Gasteiger charge is -2.08. The van der Waals surface area contributed by atoms with Gasteiger partial charge < -0.3 is 9.84 Å². The van der Waals surface area contributed by atoms with Gasteiger partial charge in [-0.2, -0.15) is 5.26 Å². The van der Waals surface area contributed by atoms with Crippen LogP contribution >= 0.6 is 0 Å². The normalized spacial score (nSPS) is 9.63. The van der Waals surface area contributed by atoms with Crippen LogP contribution in [0, 0.1) is 21.4 Å². The minimum absolute atomic E-state index is 0.0926. The summed E-state index contributed by atoms with van der Waals surface area (Å²) in [7, 11) is 0. The number of non-ortho nitro benzene ring substituents is 1. The van der Waals surface area contributed by atoms with Crippen molar-refractivity contribution in [3.8, 4) is 11.8 Å². The van der Waals surface area contributed by atoms with Gasteiger partial charge in [-0.3, -0.25) is 10.1 Å². The van der Waals surface area contributed by atoms with Crippen LogP contribution in [-0.4, -0.2) is 22.6 Å². The number of benzene rings is 1. The Morgan fingerprint density at radius 3 is 2.79 bits per heavy atom. The minimum atomic E-state index is -1.28. The van der Waals surface area contributed by atoms with Crippen molar-refractivity contribution in [2.45, 2.75) is 19.3 Å². The van der Waals surface area contributed by atoms with E-state index in [1.54, 1.807) is 0 Å². The summed E-state index contributed by atoms with van der Waals surface area (Å²) in [4.78, 5) is 20.9. The van der Waals surface area contributed by atoms with E-state index in [0.717, 1.165) is 6.07 Å². The molecule has 0 aliphatic carbocycles. The molecule has 0 aliphatic rings. The van der Waals surface area contributed by atoms with Crippen LogP contribution in [0.4, 0.5) is 5.69 Å². The molecule has 0 amide bonds. The summed E-state index contributed by atoms with van der Waals surface area (Å²) in [5.41, 5.74) is -0.538. The molecular weight excluding hydrogens is 252 g/mol. The molecule has 0 saturated carbocycles. The maximum absolute atomic E-state index is 11.0. The van der Waals surface area contributed by atoms with Crippen LogP contribution in [0.5, 0.6) is 5.75 Å². The summed E-state index contributed by atoms with van der Waals surface area (Å²) in [5.74, 6) is -1.19. The van der Waals surface area contributed by atoms with E-state index in [1.165, 1.54) is 12.1 Å². The molecule has 1 aromatic rings. The number of rotatable bonds is 7. The number of hydrogen-bond donors (Lipinski definition) is 1. The summed E-state index contributed by atoms with van der Waals surface area (Å²) in [6.45, 7) is 0.264. The molecule has 0 atom stereocenters. The zero-order chi connectivity index (χ0) is 14.3.